The van der Waals surface area contributed by atoms with Crippen LogP contribution >= 0.6 is 0 Å². The van der Waals surface area contributed by atoms with Crippen molar-refractivity contribution < 1.29 is 0 Å². The first-order chi connectivity index (χ1) is 5.83. The molecule has 1 aromatic rings. The average Bonchev–Trinajstić information content (AvgIpc) is 2.16. The van der Waals surface area contributed by atoms with E-state index in [1.54, 1.807) is 0 Å². The number of hydrogen-bond donors (Lipinski definition) is 1. The molecule has 2 nitrogen and oxygen atoms in total. The molecule has 0 amide bonds. The van der Waals surface area contributed by atoms with Gasteiger partial charge in [-0.05, 0) is 12.0 Å². The minimum Gasteiger partial charge on any atom is -0.269 e. The van der Waals surface area contributed by atoms with Crippen molar-refractivity contribution in [3.63, 3.8) is 0 Å². The Morgan fingerprint density at radius 2 is 1.92 bits per heavy atom. The summed E-state index contributed by atoms with van der Waals surface area (Å²) in [6.45, 7) is 3.90. The number of likely N-dealkylation sites (N-methyl/N-ethyl adjacent to an activating group) is 1. The predicted molar refractivity (Wildman–Crippen MR) is 51.6 cm³/mol. The second-order valence-electron chi connectivity index (χ2n) is 2.86. The van der Waals surface area contributed by atoms with Gasteiger partial charge >= 0.3 is 0 Å². The number of benzene rings is 1. The summed E-state index contributed by atoms with van der Waals surface area (Å²) >= 11 is 0. The molecule has 2 heteroatoms. The van der Waals surface area contributed by atoms with Crippen LogP contribution in [0, 0.1) is 0 Å². The molecule has 1 aromatic carbocycles. The van der Waals surface area contributed by atoms with Gasteiger partial charge in [-0.3, -0.25) is 5.84 Å². The van der Waals surface area contributed by atoms with Crippen molar-refractivity contribution in [2.24, 2.45) is 5.84 Å². The molecule has 0 atom stereocenters. The summed E-state index contributed by atoms with van der Waals surface area (Å²) in [6.07, 6.45) is 1.03. The molecule has 1 rings (SSSR count). The van der Waals surface area contributed by atoms with E-state index in [2.05, 4.69) is 31.2 Å². The zero-order valence-electron chi connectivity index (χ0n) is 7.53. The van der Waals surface area contributed by atoms with Crippen molar-refractivity contribution >= 4 is 0 Å². The zero-order chi connectivity index (χ0) is 8.81. The van der Waals surface area contributed by atoms with E-state index in [0.29, 0.717) is 0 Å². The highest BCUT2D eigenvalue weighted by molar-refractivity contribution is 5.14. The summed E-state index contributed by atoms with van der Waals surface area (Å²) in [5.74, 6) is 5.65. The monoisotopic (exact) mass is 164 g/mol. The van der Waals surface area contributed by atoms with E-state index >= 15 is 0 Å². The molecule has 0 unspecified atom stereocenters. The molecule has 0 aliphatic carbocycles. The number of nitrogens with zero attached hydrogens (tertiary/aromatic N) is 1. The van der Waals surface area contributed by atoms with Gasteiger partial charge < -0.3 is 0 Å². The van der Waals surface area contributed by atoms with E-state index in [0.717, 1.165) is 19.5 Å². The van der Waals surface area contributed by atoms with Crippen LogP contribution in [0.3, 0.4) is 0 Å². The zero-order valence-corrected chi connectivity index (χ0v) is 7.53. The van der Waals surface area contributed by atoms with Gasteiger partial charge in [0.1, 0.15) is 0 Å². The standard InChI is InChI=1S/C10H16N2/c1-2-12(11)9-8-10-6-4-3-5-7-10/h3-7H,2,8-9,11H2,1H3. The minimum atomic E-state index is 0.910. The first-order valence-corrected chi connectivity index (χ1v) is 4.36. The van der Waals surface area contributed by atoms with Gasteiger partial charge in [-0.25, -0.2) is 5.01 Å². The summed E-state index contributed by atoms with van der Waals surface area (Å²) in [4.78, 5) is 0. The Kier molecular flexibility index (Phi) is 3.77. The molecule has 66 valence electrons. The number of hydrazine groups is 1. The fourth-order valence-electron chi connectivity index (χ4n) is 1.08. The molecular formula is C10H16N2. The van der Waals surface area contributed by atoms with Crippen LogP contribution in [0.2, 0.25) is 0 Å². The first-order valence-electron chi connectivity index (χ1n) is 4.36. The summed E-state index contributed by atoms with van der Waals surface area (Å²) in [5.41, 5.74) is 1.35. The van der Waals surface area contributed by atoms with Crippen molar-refractivity contribution in [1.29, 1.82) is 0 Å². The third kappa shape index (κ3) is 3.03. The van der Waals surface area contributed by atoms with Gasteiger partial charge in [-0.15, -0.1) is 0 Å². The van der Waals surface area contributed by atoms with E-state index in [1.807, 2.05) is 11.1 Å². The second-order valence-corrected chi connectivity index (χ2v) is 2.86. The molecule has 0 saturated carbocycles. The van der Waals surface area contributed by atoms with Gasteiger partial charge in [0.2, 0.25) is 0 Å². The molecule has 0 aliphatic rings. The van der Waals surface area contributed by atoms with E-state index < -0.39 is 0 Å². The number of hydrogen-bond acceptors (Lipinski definition) is 2. The topological polar surface area (TPSA) is 29.3 Å². The van der Waals surface area contributed by atoms with Crippen LogP contribution in [0.5, 0.6) is 0 Å². The van der Waals surface area contributed by atoms with Crippen molar-refractivity contribution in [2.75, 3.05) is 13.1 Å². The molecule has 0 aliphatic heterocycles. The van der Waals surface area contributed by atoms with Gasteiger partial charge in [0.25, 0.3) is 0 Å². The first kappa shape index (κ1) is 9.23. The maximum Gasteiger partial charge on any atom is 0.0168 e. The average molecular weight is 164 g/mol. The lowest BCUT2D eigenvalue weighted by atomic mass is 10.1. The van der Waals surface area contributed by atoms with Gasteiger partial charge in [0, 0.05) is 13.1 Å². The van der Waals surface area contributed by atoms with Gasteiger partial charge in [0.05, 0.1) is 0 Å². The lowest BCUT2D eigenvalue weighted by molar-refractivity contribution is 0.303. The van der Waals surface area contributed by atoms with Gasteiger partial charge in [-0.1, -0.05) is 37.3 Å². The van der Waals surface area contributed by atoms with Crippen LogP contribution in [-0.2, 0) is 6.42 Å². The third-order valence-corrected chi connectivity index (χ3v) is 1.94. The SMILES string of the molecule is CCN(N)CCc1ccccc1. The fourth-order valence-corrected chi connectivity index (χ4v) is 1.08. The lowest BCUT2D eigenvalue weighted by Gasteiger charge is -2.12. The molecule has 0 spiro atoms. The maximum absolute atomic E-state index is 5.65. The number of rotatable bonds is 4. The molecular weight excluding hydrogens is 148 g/mol. The molecule has 0 bridgehead atoms. The summed E-state index contributed by atoms with van der Waals surface area (Å²) in [5, 5.41) is 1.83. The highest BCUT2D eigenvalue weighted by Gasteiger charge is 1.95. The van der Waals surface area contributed by atoms with Crippen molar-refractivity contribution in [3.8, 4) is 0 Å². The molecule has 12 heavy (non-hydrogen) atoms. The molecule has 0 radical (unpaired) electrons. The summed E-state index contributed by atoms with van der Waals surface area (Å²) in [7, 11) is 0. The second kappa shape index (κ2) is 4.91. The normalized spacial score (nSPS) is 10.6. The Labute approximate surface area is 74.0 Å². The molecule has 2 N–H and O–H groups in total. The van der Waals surface area contributed by atoms with Crippen LogP contribution in [0.4, 0.5) is 0 Å². The summed E-state index contributed by atoms with van der Waals surface area (Å²) in [6, 6.07) is 10.4. The maximum atomic E-state index is 5.65. The van der Waals surface area contributed by atoms with Crippen LogP contribution < -0.4 is 5.84 Å². The van der Waals surface area contributed by atoms with Crippen LogP contribution in [-0.4, -0.2) is 18.1 Å². The van der Waals surface area contributed by atoms with E-state index in [4.69, 9.17) is 5.84 Å². The number of nitrogens with two attached hydrogens (primary N) is 1. The van der Waals surface area contributed by atoms with E-state index in [1.165, 1.54) is 5.56 Å². The van der Waals surface area contributed by atoms with Crippen LogP contribution in [0.15, 0.2) is 30.3 Å². The minimum absolute atomic E-state index is 0.910. The van der Waals surface area contributed by atoms with Gasteiger partial charge in [-0.2, -0.15) is 0 Å². The highest BCUT2D eigenvalue weighted by Crippen LogP contribution is 1.99. The lowest BCUT2D eigenvalue weighted by Crippen LogP contribution is -2.32. The van der Waals surface area contributed by atoms with E-state index in [9.17, 15) is 0 Å². The Morgan fingerprint density at radius 1 is 1.25 bits per heavy atom. The highest BCUT2D eigenvalue weighted by atomic mass is 15.4. The van der Waals surface area contributed by atoms with Crippen molar-refractivity contribution in [2.45, 2.75) is 13.3 Å². The third-order valence-electron chi connectivity index (χ3n) is 1.94. The molecule has 0 fully saturated rings. The summed E-state index contributed by atoms with van der Waals surface area (Å²) < 4.78 is 0. The van der Waals surface area contributed by atoms with Crippen molar-refractivity contribution in [1.82, 2.24) is 5.01 Å². The van der Waals surface area contributed by atoms with Crippen LogP contribution in [0.1, 0.15) is 12.5 Å². The molecule has 0 heterocycles. The van der Waals surface area contributed by atoms with Crippen molar-refractivity contribution in [3.05, 3.63) is 35.9 Å². The molecule has 0 aromatic heterocycles. The van der Waals surface area contributed by atoms with E-state index in [-0.39, 0.29) is 0 Å². The predicted octanol–water partition coefficient (Wildman–Crippen LogP) is 1.42. The van der Waals surface area contributed by atoms with Gasteiger partial charge in [0.15, 0.2) is 0 Å². The fraction of sp³-hybridized carbons (Fsp3) is 0.400. The Bertz CT molecular complexity index is 208. The Hall–Kier alpha value is -0.860. The quantitative estimate of drug-likeness (QED) is 0.538. The smallest absolute Gasteiger partial charge is 0.0168 e. The molecule has 0 saturated heterocycles. The van der Waals surface area contributed by atoms with Crippen LogP contribution in [0.25, 0.3) is 0 Å². The largest absolute Gasteiger partial charge is 0.269 e. The Morgan fingerprint density at radius 3 is 2.50 bits per heavy atom. The Balaban J connectivity index is 2.33.